The molecule has 1 aliphatic heterocycles. The first-order chi connectivity index (χ1) is 13.5. The third kappa shape index (κ3) is 4.91. The molecule has 0 saturated carbocycles. The molecule has 2 N–H and O–H groups in total. The van der Waals surface area contributed by atoms with Gasteiger partial charge in [0.15, 0.2) is 6.61 Å². The third-order valence-electron chi connectivity index (χ3n) is 5.24. The smallest absolute Gasteiger partial charge is 0.339 e. The molecule has 1 saturated heterocycles. The van der Waals surface area contributed by atoms with E-state index in [4.69, 9.17) is 13.9 Å². The molecule has 152 valence electrons. The molecular formula is C21H29N2O5+. The van der Waals surface area contributed by atoms with Gasteiger partial charge in [0, 0.05) is 18.5 Å². The fourth-order valence-electron chi connectivity index (χ4n) is 3.47. The van der Waals surface area contributed by atoms with Crippen molar-refractivity contribution in [2.75, 3.05) is 46.0 Å². The summed E-state index contributed by atoms with van der Waals surface area (Å²) in [5, 5.41) is 3.65. The Morgan fingerprint density at radius 2 is 1.93 bits per heavy atom. The van der Waals surface area contributed by atoms with E-state index in [9.17, 15) is 9.59 Å². The standard InChI is InChI=1S/C21H28N2O5/c1-14-11-17(20-15(2)16(3)21(25)28-18(20)12-14)27-13-19(24)22-5-4-6-23-7-9-26-10-8-23/h11-12H,4-10,13H2,1-3H3,(H,22,24)/p+1. The number of morpholine rings is 1. The van der Waals surface area contributed by atoms with Gasteiger partial charge in [-0.3, -0.25) is 4.79 Å². The Morgan fingerprint density at radius 1 is 1.18 bits per heavy atom. The number of rotatable bonds is 7. The van der Waals surface area contributed by atoms with Crippen molar-refractivity contribution in [3.8, 4) is 5.75 Å². The summed E-state index contributed by atoms with van der Waals surface area (Å²) < 4.78 is 16.5. The lowest BCUT2D eigenvalue weighted by atomic mass is 10.0. The molecule has 0 bridgehead atoms. The second-order valence-corrected chi connectivity index (χ2v) is 7.38. The second kappa shape index (κ2) is 9.21. The van der Waals surface area contributed by atoms with Gasteiger partial charge in [0.05, 0.1) is 25.1 Å². The van der Waals surface area contributed by atoms with Gasteiger partial charge in [-0.1, -0.05) is 0 Å². The Morgan fingerprint density at radius 3 is 2.68 bits per heavy atom. The van der Waals surface area contributed by atoms with E-state index in [-0.39, 0.29) is 18.1 Å². The van der Waals surface area contributed by atoms with Gasteiger partial charge in [-0.25, -0.2) is 4.79 Å². The van der Waals surface area contributed by atoms with Gasteiger partial charge in [-0.15, -0.1) is 0 Å². The largest absolute Gasteiger partial charge is 0.483 e. The molecular weight excluding hydrogens is 360 g/mol. The lowest BCUT2D eigenvalue weighted by Crippen LogP contribution is -3.14. The van der Waals surface area contributed by atoms with Gasteiger partial charge in [-0.2, -0.15) is 0 Å². The molecule has 28 heavy (non-hydrogen) atoms. The second-order valence-electron chi connectivity index (χ2n) is 7.38. The lowest BCUT2D eigenvalue weighted by Gasteiger charge is -2.23. The molecule has 0 spiro atoms. The minimum atomic E-state index is -0.346. The molecule has 2 heterocycles. The number of hydrogen-bond donors (Lipinski definition) is 2. The van der Waals surface area contributed by atoms with Crippen molar-refractivity contribution < 1.29 is 23.6 Å². The number of carbonyl (C=O) groups is 1. The fraction of sp³-hybridized carbons (Fsp3) is 0.524. The number of fused-ring (bicyclic) bond motifs is 1. The quantitative estimate of drug-likeness (QED) is 0.533. The van der Waals surface area contributed by atoms with Gasteiger partial charge in [0.2, 0.25) is 0 Å². The average Bonchev–Trinajstić information content (AvgIpc) is 2.68. The number of quaternary nitrogens is 1. The van der Waals surface area contributed by atoms with Crippen LogP contribution in [0.15, 0.2) is 21.3 Å². The van der Waals surface area contributed by atoms with Gasteiger partial charge >= 0.3 is 5.63 Å². The Hall–Kier alpha value is -2.38. The van der Waals surface area contributed by atoms with Crippen molar-refractivity contribution in [3.63, 3.8) is 0 Å². The Labute approximate surface area is 164 Å². The number of nitrogens with one attached hydrogen (secondary N) is 2. The average molecular weight is 389 g/mol. The zero-order valence-electron chi connectivity index (χ0n) is 16.9. The van der Waals surface area contributed by atoms with Crippen LogP contribution in [0.3, 0.4) is 0 Å². The number of carbonyl (C=O) groups excluding carboxylic acids is 1. The van der Waals surface area contributed by atoms with E-state index in [1.54, 1.807) is 6.92 Å². The van der Waals surface area contributed by atoms with Crippen molar-refractivity contribution in [2.45, 2.75) is 27.2 Å². The summed E-state index contributed by atoms with van der Waals surface area (Å²) in [6.07, 6.45) is 0.928. The van der Waals surface area contributed by atoms with Crippen molar-refractivity contribution in [3.05, 3.63) is 39.2 Å². The van der Waals surface area contributed by atoms with Crippen molar-refractivity contribution in [2.24, 2.45) is 0 Å². The summed E-state index contributed by atoms with van der Waals surface area (Å²) in [7, 11) is 0. The van der Waals surface area contributed by atoms with Crippen LogP contribution in [0.1, 0.15) is 23.1 Å². The van der Waals surface area contributed by atoms with Gasteiger partial charge in [0.25, 0.3) is 5.91 Å². The fourth-order valence-corrected chi connectivity index (χ4v) is 3.47. The minimum Gasteiger partial charge on any atom is -0.483 e. The molecule has 1 aromatic heterocycles. The van der Waals surface area contributed by atoms with E-state index < -0.39 is 0 Å². The summed E-state index contributed by atoms with van der Waals surface area (Å²) in [6, 6.07) is 3.67. The van der Waals surface area contributed by atoms with Crippen LogP contribution in [0.2, 0.25) is 0 Å². The minimum absolute atomic E-state index is 0.0689. The van der Waals surface area contributed by atoms with Crippen LogP contribution in [0, 0.1) is 20.8 Å². The van der Waals surface area contributed by atoms with Crippen molar-refractivity contribution in [1.82, 2.24) is 5.32 Å². The number of ether oxygens (including phenoxy) is 2. The van der Waals surface area contributed by atoms with E-state index in [1.165, 1.54) is 4.90 Å². The molecule has 1 amide bonds. The summed E-state index contributed by atoms with van der Waals surface area (Å²) >= 11 is 0. The normalized spacial score (nSPS) is 15.0. The van der Waals surface area contributed by atoms with Crippen LogP contribution in [-0.4, -0.2) is 51.9 Å². The van der Waals surface area contributed by atoms with E-state index in [0.29, 0.717) is 23.4 Å². The SMILES string of the molecule is Cc1cc(OCC(=O)NCCC[NH+]2CCOCC2)c2c(C)c(C)c(=O)oc2c1. The highest BCUT2D eigenvalue weighted by molar-refractivity contribution is 5.88. The Kier molecular flexibility index (Phi) is 6.70. The van der Waals surface area contributed by atoms with Gasteiger partial charge in [0.1, 0.15) is 24.4 Å². The van der Waals surface area contributed by atoms with E-state index in [1.807, 2.05) is 26.0 Å². The summed E-state index contributed by atoms with van der Waals surface area (Å²) in [4.78, 5) is 25.6. The van der Waals surface area contributed by atoms with Crippen LogP contribution >= 0.6 is 0 Å². The van der Waals surface area contributed by atoms with Gasteiger partial charge in [-0.05, 0) is 44.0 Å². The zero-order valence-corrected chi connectivity index (χ0v) is 16.9. The summed E-state index contributed by atoms with van der Waals surface area (Å²) in [5.74, 6) is 0.408. The Balaban J connectivity index is 1.56. The zero-order chi connectivity index (χ0) is 20.1. The maximum atomic E-state index is 12.2. The first-order valence-electron chi connectivity index (χ1n) is 9.81. The maximum absolute atomic E-state index is 12.2. The number of amides is 1. The monoisotopic (exact) mass is 389 g/mol. The van der Waals surface area contributed by atoms with E-state index in [0.717, 1.165) is 55.8 Å². The molecule has 1 aliphatic rings. The molecule has 2 aromatic rings. The molecule has 0 radical (unpaired) electrons. The predicted molar refractivity (Wildman–Crippen MR) is 106 cm³/mol. The molecule has 7 nitrogen and oxygen atoms in total. The van der Waals surface area contributed by atoms with E-state index in [2.05, 4.69) is 5.32 Å². The first kappa shape index (κ1) is 20.4. The van der Waals surface area contributed by atoms with Crippen LogP contribution < -0.4 is 20.6 Å². The van der Waals surface area contributed by atoms with Crippen LogP contribution in [-0.2, 0) is 9.53 Å². The Bertz CT molecular complexity index is 900. The highest BCUT2D eigenvalue weighted by Crippen LogP contribution is 2.30. The summed E-state index contributed by atoms with van der Waals surface area (Å²) in [6.45, 7) is 10.8. The third-order valence-corrected chi connectivity index (χ3v) is 5.24. The van der Waals surface area contributed by atoms with Crippen LogP contribution in [0.5, 0.6) is 5.75 Å². The first-order valence-corrected chi connectivity index (χ1v) is 9.81. The number of benzene rings is 1. The molecule has 0 unspecified atom stereocenters. The topological polar surface area (TPSA) is 82.2 Å². The lowest BCUT2D eigenvalue weighted by molar-refractivity contribution is -0.908. The predicted octanol–water partition coefficient (Wildman–Crippen LogP) is 0.518. The molecule has 3 rings (SSSR count). The van der Waals surface area contributed by atoms with Crippen molar-refractivity contribution in [1.29, 1.82) is 0 Å². The highest BCUT2D eigenvalue weighted by atomic mass is 16.5. The number of hydrogen-bond acceptors (Lipinski definition) is 5. The molecule has 0 aliphatic carbocycles. The summed E-state index contributed by atoms with van der Waals surface area (Å²) in [5.41, 5.74) is 2.41. The van der Waals surface area contributed by atoms with E-state index >= 15 is 0 Å². The van der Waals surface area contributed by atoms with Gasteiger partial charge < -0.3 is 24.1 Å². The highest BCUT2D eigenvalue weighted by Gasteiger charge is 2.15. The molecule has 1 fully saturated rings. The molecule has 0 atom stereocenters. The van der Waals surface area contributed by atoms with Crippen LogP contribution in [0.4, 0.5) is 0 Å². The maximum Gasteiger partial charge on any atom is 0.339 e. The van der Waals surface area contributed by atoms with Crippen molar-refractivity contribution >= 4 is 16.9 Å². The molecule has 7 heteroatoms. The van der Waals surface area contributed by atoms with Crippen LogP contribution in [0.25, 0.3) is 11.0 Å². The number of aryl methyl sites for hydroxylation is 2. The molecule has 1 aromatic carbocycles.